The van der Waals surface area contributed by atoms with Gasteiger partial charge in [-0.2, -0.15) is 0 Å². The summed E-state index contributed by atoms with van der Waals surface area (Å²) in [5.41, 5.74) is 0. The van der Waals surface area contributed by atoms with E-state index in [1.165, 1.54) is 38.2 Å². The van der Waals surface area contributed by atoms with Crippen LogP contribution >= 0.6 is 0 Å². The first-order valence-corrected chi connectivity index (χ1v) is 7.12. The molecule has 1 aliphatic rings. The number of aliphatic hydroxyl groups excluding tert-OH is 3. The minimum absolute atomic E-state index is 0.251. The first kappa shape index (κ1) is 15.6. The van der Waals surface area contributed by atoms with Gasteiger partial charge in [-0.05, 0) is 13.0 Å². The summed E-state index contributed by atoms with van der Waals surface area (Å²) in [5.74, 6) is 0. The maximum Gasteiger partial charge on any atom is 0.111 e. The highest BCUT2D eigenvalue weighted by Gasteiger charge is 2.32. The molecule has 0 heterocycles. The first-order chi connectivity index (χ1) is 8.66. The van der Waals surface area contributed by atoms with E-state index in [9.17, 15) is 15.3 Å². The van der Waals surface area contributed by atoms with Gasteiger partial charge in [0.05, 0.1) is 6.04 Å². The zero-order valence-electron chi connectivity index (χ0n) is 11.3. The normalized spacial score (nSPS) is 31.8. The largest absolute Gasteiger partial charge is 0.388 e. The smallest absolute Gasteiger partial charge is 0.111 e. The lowest BCUT2D eigenvalue weighted by Gasteiger charge is -2.31. The third-order valence-corrected chi connectivity index (χ3v) is 3.49. The molecule has 0 bridgehead atoms. The lowest BCUT2D eigenvalue weighted by Crippen LogP contribution is -2.52. The van der Waals surface area contributed by atoms with Gasteiger partial charge in [0.15, 0.2) is 0 Å². The van der Waals surface area contributed by atoms with Crippen LogP contribution in [0.4, 0.5) is 0 Å². The standard InChI is InChI=1S/C14H27NO3/c1-2-3-4-5-6-7-10-15-11-8-9-12(16)14(18)13(11)17/h8-9,11-18H,2-7,10H2,1H3. The van der Waals surface area contributed by atoms with E-state index in [0.717, 1.165) is 13.0 Å². The average Bonchev–Trinajstić information content (AvgIpc) is 2.37. The highest BCUT2D eigenvalue weighted by atomic mass is 16.4. The SMILES string of the molecule is CCCCCCCCNC1C=CC(O)C(O)C1O. The van der Waals surface area contributed by atoms with Gasteiger partial charge >= 0.3 is 0 Å². The number of aliphatic hydroxyl groups is 3. The monoisotopic (exact) mass is 257 g/mol. The quantitative estimate of drug-likeness (QED) is 0.386. The molecule has 1 aliphatic carbocycles. The maximum absolute atomic E-state index is 9.76. The summed E-state index contributed by atoms with van der Waals surface area (Å²) in [6, 6.07) is -0.251. The van der Waals surface area contributed by atoms with Gasteiger partial charge in [-0.1, -0.05) is 51.2 Å². The van der Waals surface area contributed by atoms with Gasteiger partial charge in [0.25, 0.3) is 0 Å². The fourth-order valence-corrected chi connectivity index (χ4v) is 2.24. The Kier molecular flexibility index (Phi) is 7.51. The van der Waals surface area contributed by atoms with E-state index in [4.69, 9.17) is 0 Å². The highest BCUT2D eigenvalue weighted by molar-refractivity contribution is 5.10. The predicted octanol–water partition coefficient (Wildman–Crippen LogP) is 0.958. The molecule has 18 heavy (non-hydrogen) atoms. The maximum atomic E-state index is 9.76. The van der Waals surface area contributed by atoms with Gasteiger partial charge < -0.3 is 20.6 Å². The minimum Gasteiger partial charge on any atom is -0.388 e. The van der Waals surface area contributed by atoms with Crippen LogP contribution in [0.15, 0.2) is 12.2 Å². The van der Waals surface area contributed by atoms with Crippen molar-refractivity contribution in [2.45, 2.75) is 69.8 Å². The van der Waals surface area contributed by atoms with Crippen LogP contribution in [-0.2, 0) is 0 Å². The van der Waals surface area contributed by atoms with Crippen molar-refractivity contribution in [2.75, 3.05) is 6.54 Å². The van der Waals surface area contributed by atoms with Crippen LogP contribution in [0.5, 0.6) is 0 Å². The van der Waals surface area contributed by atoms with Crippen molar-refractivity contribution >= 4 is 0 Å². The Labute approximate surface area is 110 Å². The molecule has 0 fully saturated rings. The van der Waals surface area contributed by atoms with Crippen LogP contribution in [0.25, 0.3) is 0 Å². The summed E-state index contributed by atoms with van der Waals surface area (Å²) in [5, 5.41) is 31.8. The molecule has 4 N–H and O–H groups in total. The van der Waals surface area contributed by atoms with Crippen LogP contribution in [-0.4, -0.2) is 46.2 Å². The average molecular weight is 257 g/mol. The molecule has 0 aromatic carbocycles. The molecule has 0 spiro atoms. The van der Waals surface area contributed by atoms with Gasteiger partial charge in [-0.25, -0.2) is 0 Å². The first-order valence-electron chi connectivity index (χ1n) is 7.12. The zero-order valence-corrected chi connectivity index (χ0v) is 11.3. The fraction of sp³-hybridized carbons (Fsp3) is 0.857. The second-order valence-electron chi connectivity index (χ2n) is 5.10. The van der Waals surface area contributed by atoms with Gasteiger partial charge in [0, 0.05) is 0 Å². The summed E-state index contributed by atoms with van der Waals surface area (Å²) >= 11 is 0. The zero-order chi connectivity index (χ0) is 13.4. The Morgan fingerprint density at radius 1 is 0.889 bits per heavy atom. The van der Waals surface area contributed by atoms with E-state index < -0.39 is 18.3 Å². The molecule has 1 rings (SSSR count). The Bertz CT molecular complexity index is 245. The Hall–Kier alpha value is -0.420. The molecule has 0 saturated carbocycles. The van der Waals surface area contributed by atoms with Crippen LogP contribution in [0.2, 0.25) is 0 Å². The third-order valence-electron chi connectivity index (χ3n) is 3.49. The molecule has 0 aliphatic heterocycles. The lowest BCUT2D eigenvalue weighted by molar-refractivity contribution is -0.0564. The number of unbranched alkanes of at least 4 members (excludes halogenated alkanes) is 5. The Balaban J connectivity index is 2.10. The molecule has 4 unspecified atom stereocenters. The van der Waals surface area contributed by atoms with Gasteiger partial charge in [-0.15, -0.1) is 0 Å². The summed E-state index contributed by atoms with van der Waals surface area (Å²) in [7, 11) is 0. The van der Waals surface area contributed by atoms with Gasteiger partial charge in [0.1, 0.15) is 18.3 Å². The summed E-state index contributed by atoms with van der Waals surface area (Å²) in [6.07, 6.45) is 7.72. The number of hydrogen-bond donors (Lipinski definition) is 4. The van der Waals surface area contributed by atoms with Crippen molar-refractivity contribution < 1.29 is 15.3 Å². The van der Waals surface area contributed by atoms with E-state index in [0.29, 0.717) is 0 Å². The predicted molar refractivity (Wildman–Crippen MR) is 72.3 cm³/mol. The van der Waals surface area contributed by atoms with Crippen molar-refractivity contribution in [3.8, 4) is 0 Å². The van der Waals surface area contributed by atoms with Crippen LogP contribution in [0, 0.1) is 0 Å². The molecular weight excluding hydrogens is 230 g/mol. The number of nitrogens with one attached hydrogen (secondary N) is 1. The molecule has 4 atom stereocenters. The second-order valence-corrected chi connectivity index (χ2v) is 5.10. The van der Waals surface area contributed by atoms with Crippen molar-refractivity contribution in [3.63, 3.8) is 0 Å². The molecule has 0 amide bonds. The van der Waals surface area contributed by atoms with Gasteiger partial charge in [-0.3, -0.25) is 0 Å². The minimum atomic E-state index is -1.09. The molecule has 4 nitrogen and oxygen atoms in total. The Morgan fingerprint density at radius 3 is 2.28 bits per heavy atom. The summed E-state index contributed by atoms with van der Waals surface area (Å²) in [4.78, 5) is 0. The van der Waals surface area contributed by atoms with E-state index in [2.05, 4.69) is 12.2 Å². The topological polar surface area (TPSA) is 72.7 Å². The second kappa shape index (κ2) is 8.64. The van der Waals surface area contributed by atoms with Gasteiger partial charge in [0.2, 0.25) is 0 Å². The van der Waals surface area contributed by atoms with Crippen LogP contribution in [0.3, 0.4) is 0 Å². The molecular formula is C14H27NO3. The molecule has 0 radical (unpaired) electrons. The van der Waals surface area contributed by atoms with Crippen molar-refractivity contribution in [3.05, 3.63) is 12.2 Å². The summed E-state index contributed by atoms with van der Waals surface area (Å²) < 4.78 is 0. The molecule has 0 aromatic heterocycles. The number of hydrogen-bond acceptors (Lipinski definition) is 4. The van der Waals surface area contributed by atoms with Crippen molar-refractivity contribution in [1.82, 2.24) is 5.32 Å². The van der Waals surface area contributed by atoms with E-state index in [-0.39, 0.29) is 6.04 Å². The van der Waals surface area contributed by atoms with Crippen LogP contribution in [0.1, 0.15) is 45.4 Å². The highest BCUT2D eigenvalue weighted by Crippen LogP contribution is 2.13. The molecule has 0 saturated heterocycles. The number of rotatable bonds is 8. The Morgan fingerprint density at radius 2 is 1.56 bits per heavy atom. The lowest BCUT2D eigenvalue weighted by atomic mass is 9.94. The van der Waals surface area contributed by atoms with E-state index in [1.54, 1.807) is 6.08 Å². The molecule has 4 heteroatoms. The molecule has 0 aromatic rings. The van der Waals surface area contributed by atoms with E-state index >= 15 is 0 Å². The van der Waals surface area contributed by atoms with Crippen LogP contribution < -0.4 is 5.32 Å². The van der Waals surface area contributed by atoms with E-state index in [1.807, 2.05) is 0 Å². The van der Waals surface area contributed by atoms with Crippen molar-refractivity contribution in [1.29, 1.82) is 0 Å². The third kappa shape index (κ3) is 5.06. The summed E-state index contributed by atoms with van der Waals surface area (Å²) in [6.45, 7) is 3.04. The fourth-order valence-electron chi connectivity index (χ4n) is 2.24. The molecule has 106 valence electrons. The van der Waals surface area contributed by atoms with Crippen molar-refractivity contribution in [2.24, 2.45) is 0 Å².